The summed E-state index contributed by atoms with van der Waals surface area (Å²) in [6.45, 7) is 5.06. The van der Waals surface area contributed by atoms with E-state index >= 15 is 0 Å². The molecule has 1 atom stereocenters. The first-order chi connectivity index (χ1) is 17.5. The minimum Gasteiger partial charge on any atom is -0.493 e. The van der Waals surface area contributed by atoms with Crippen LogP contribution in [0.25, 0.3) is 11.3 Å². The lowest BCUT2D eigenvalue weighted by Crippen LogP contribution is -2.29. The van der Waals surface area contributed by atoms with Crippen LogP contribution in [0.5, 0.6) is 11.5 Å². The molecule has 1 unspecified atom stereocenters. The molecule has 1 aliphatic rings. The van der Waals surface area contributed by atoms with Crippen molar-refractivity contribution in [1.82, 2.24) is 15.1 Å². The summed E-state index contributed by atoms with van der Waals surface area (Å²) in [6.07, 6.45) is 0.895. The van der Waals surface area contributed by atoms with Gasteiger partial charge in [0.05, 0.1) is 25.5 Å². The maximum absolute atomic E-state index is 13.7. The molecule has 0 saturated heterocycles. The molecule has 1 aliphatic heterocycles. The van der Waals surface area contributed by atoms with Gasteiger partial charge < -0.3 is 14.4 Å². The van der Waals surface area contributed by atoms with Crippen LogP contribution in [0.4, 0.5) is 0 Å². The van der Waals surface area contributed by atoms with Gasteiger partial charge in [-0.05, 0) is 42.7 Å². The summed E-state index contributed by atoms with van der Waals surface area (Å²) >= 11 is 6.49. The molecule has 1 aromatic heterocycles. The van der Waals surface area contributed by atoms with Crippen LogP contribution in [-0.2, 0) is 6.54 Å². The quantitative estimate of drug-likeness (QED) is 0.296. The van der Waals surface area contributed by atoms with E-state index in [2.05, 4.69) is 17.1 Å². The van der Waals surface area contributed by atoms with Crippen molar-refractivity contribution >= 4 is 17.5 Å². The lowest BCUT2D eigenvalue weighted by molar-refractivity contribution is 0.0730. The van der Waals surface area contributed by atoms with E-state index in [1.54, 1.807) is 7.11 Å². The highest BCUT2D eigenvalue weighted by Crippen LogP contribution is 2.45. The van der Waals surface area contributed by atoms with Gasteiger partial charge >= 0.3 is 0 Å². The third kappa shape index (κ3) is 4.33. The number of carbonyl (C=O) groups excluding carboxylic acids is 1. The first-order valence-electron chi connectivity index (χ1n) is 12.0. The average Bonchev–Trinajstić information content (AvgIpc) is 3.43. The number of benzene rings is 3. The number of nitrogens with zero attached hydrogens (tertiary/aromatic N) is 2. The number of amides is 1. The molecule has 0 spiro atoms. The maximum Gasteiger partial charge on any atom is 0.273 e. The molecule has 7 heteroatoms. The number of halogens is 1. The summed E-state index contributed by atoms with van der Waals surface area (Å²) in [4.78, 5) is 15.5. The van der Waals surface area contributed by atoms with Crippen LogP contribution in [0.2, 0.25) is 5.02 Å². The van der Waals surface area contributed by atoms with Crippen LogP contribution in [-0.4, -0.2) is 34.7 Å². The Kier molecular flexibility index (Phi) is 6.70. The molecular weight excluding hydrogens is 474 g/mol. The summed E-state index contributed by atoms with van der Waals surface area (Å²) in [6, 6.07) is 21.2. The van der Waals surface area contributed by atoms with Gasteiger partial charge in [0.15, 0.2) is 11.5 Å². The van der Waals surface area contributed by atoms with E-state index in [0.717, 1.165) is 39.9 Å². The molecule has 36 heavy (non-hydrogen) atoms. The highest BCUT2D eigenvalue weighted by Gasteiger charge is 2.42. The molecule has 3 aromatic carbocycles. The number of ether oxygens (including phenoxy) is 2. The molecule has 1 amide bonds. The summed E-state index contributed by atoms with van der Waals surface area (Å²) in [5, 5.41) is 8.21. The van der Waals surface area contributed by atoms with Crippen molar-refractivity contribution in [2.24, 2.45) is 0 Å². The Morgan fingerprint density at radius 2 is 1.83 bits per heavy atom. The number of fused-ring (bicyclic) bond motifs is 1. The zero-order valence-electron chi connectivity index (χ0n) is 20.5. The summed E-state index contributed by atoms with van der Waals surface area (Å²) in [7, 11) is 1.63. The molecule has 0 radical (unpaired) electrons. The van der Waals surface area contributed by atoms with Crippen molar-refractivity contribution in [3.8, 4) is 22.8 Å². The Labute approximate surface area is 215 Å². The van der Waals surface area contributed by atoms with Crippen LogP contribution < -0.4 is 9.47 Å². The SMILES string of the molecule is CCCOc1ccc(C2c3c(-c4ccc(C)cc4)n[nH]c3C(=O)N2Cc2ccccc2Cl)cc1OC. The Morgan fingerprint density at radius 3 is 2.56 bits per heavy atom. The molecule has 5 rings (SSSR count). The molecule has 0 fully saturated rings. The molecule has 2 heterocycles. The summed E-state index contributed by atoms with van der Waals surface area (Å²) in [5.74, 6) is 1.18. The van der Waals surface area contributed by atoms with Crippen molar-refractivity contribution in [1.29, 1.82) is 0 Å². The van der Waals surface area contributed by atoms with Gasteiger partial charge in [-0.25, -0.2) is 0 Å². The largest absolute Gasteiger partial charge is 0.493 e. The molecule has 6 nitrogen and oxygen atoms in total. The molecule has 0 saturated carbocycles. The number of rotatable bonds is 8. The third-order valence-corrected chi connectivity index (χ3v) is 6.82. The number of hydrogen-bond donors (Lipinski definition) is 1. The van der Waals surface area contributed by atoms with Crippen molar-refractivity contribution in [2.75, 3.05) is 13.7 Å². The second-order valence-electron chi connectivity index (χ2n) is 8.91. The number of methoxy groups -OCH3 is 1. The van der Waals surface area contributed by atoms with E-state index in [9.17, 15) is 4.79 Å². The maximum atomic E-state index is 13.7. The van der Waals surface area contributed by atoms with Gasteiger partial charge in [-0.15, -0.1) is 0 Å². The molecule has 1 N–H and O–H groups in total. The minimum absolute atomic E-state index is 0.119. The fraction of sp³-hybridized carbons (Fsp3) is 0.241. The lowest BCUT2D eigenvalue weighted by atomic mass is 9.95. The number of H-pyrrole nitrogens is 1. The fourth-order valence-corrected chi connectivity index (χ4v) is 4.83. The Bertz CT molecular complexity index is 1400. The van der Waals surface area contributed by atoms with Gasteiger partial charge in [0, 0.05) is 22.7 Å². The third-order valence-electron chi connectivity index (χ3n) is 6.45. The molecule has 0 aliphatic carbocycles. The highest BCUT2D eigenvalue weighted by molar-refractivity contribution is 6.31. The van der Waals surface area contributed by atoms with E-state index in [1.807, 2.05) is 78.6 Å². The van der Waals surface area contributed by atoms with Crippen LogP contribution in [0, 0.1) is 6.92 Å². The zero-order chi connectivity index (χ0) is 25.2. The fourth-order valence-electron chi connectivity index (χ4n) is 4.63. The molecular formula is C29H28ClN3O3. The standard InChI is InChI=1S/C29H28ClN3O3/c1-4-15-36-23-14-13-20(16-24(23)35-3)28-25-26(19-11-9-18(2)10-12-19)31-32-27(25)29(34)33(28)17-21-7-5-6-8-22(21)30/h5-14,16,28H,4,15,17H2,1-3H3,(H,31,32). The number of aromatic nitrogens is 2. The number of aromatic amines is 1. The summed E-state index contributed by atoms with van der Waals surface area (Å²) in [5.41, 5.74) is 5.99. The van der Waals surface area contributed by atoms with Crippen LogP contribution in [0.3, 0.4) is 0 Å². The van der Waals surface area contributed by atoms with E-state index in [4.69, 9.17) is 21.1 Å². The topological polar surface area (TPSA) is 67.5 Å². The predicted octanol–water partition coefficient (Wildman–Crippen LogP) is 6.58. The lowest BCUT2D eigenvalue weighted by Gasteiger charge is -2.27. The number of nitrogens with one attached hydrogen (secondary N) is 1. The second kappa shape index (κ2) is 10.1. The van der Waals surface area contributed by atoms with Gasteiger partial charge in [-0.3, -0.25) is 9.89 Å². The van der Waals surface area contributed by atoms with E-state index in [1.165, 1.54) is 0 Å². The molecule has 184 valence electrons. The normalized spacial score (nSPS) is 14.7. The first-order valence-corrected chi connectivity index (χ1v) is 12.4. The Morgan fingerprint density at radius 1 is 1.06 bits per heavy atom. The number of hydrogen-bond acceptors (Lipinski definition) is 4. The Balaban J connectivity index is 1.64. The van der Waals surface area contributed by atoms with Gasteiger partial charge in [0.25, 0.3) is 5.91 Å². The minimum atomic E-state index is -0.382. The smallest absolute Gasteiger partial charge is 0.273 e. The van der Waals surface area contributed by atoms with E-state index in [-0.39, 0.29) is 11.9 Å². The monoisotopic (exact) mass is 501 g/mol. The van der Waals surface area contributed by atoms with Gasteiger partial charge in [0.1, 0.15) is 5.69 Å². The number of aryl methyl sites for hydroxylation is 1. The molecule has 4 aromatic rings. The van der Waals surface area contributed by atoms with Crippen LogP contribution >= 0.6 is 11.6 Å². The Hall–Kier alpha value is -3.77. The van der Waals surface area contributed by atoms with Crippen LogP contribution in [0.1, 0.15) is 52.1 Å². The number of carbonyl (C=O) groups is 1. The van der Waals surface area contributed by atoms with Crippen molar-refractivity contribution in [2.45, 2.75) is 32.9 Å². The highest BCUT2D eigenvalue weighted by atomic mass is 35.5. The van der Waals surface area contributed by atoms with E-state index < -0.39 is 0 Å². The van der Waals surface area contributed by atoms with E-state index in [0.29, 0.717) is 35.4 Å². The van der Waals surface area contributed by atoms with Gasteiger partial charge in [-0.1, -0.05) is 72.6 Å². The van der Waals surface area contributed by atoms with Crippen molar-refractivity contribution < 1.29 is 14.3 Å². The van der Waals surface area contributed by atoms with Crippen molar-refractivity contribution in [3.05, 3.63) is 99.7 Å². The van der Waals surface area contributed by atoms with Gasteiger partial charge in [-0.2, -0.15) is 5.10 Å². The zero-order valence-corrected chi connectivity index (χ0v) is 21.3. The van der Waals surface area contributed by atoms with Gasteiger partial charge in [0.2, 0.25) is 0 Å². The second-order valence-corrected chi connectivity index (χ2v) is 9.32. The molecule has 0 bridgehead atoms. The average molecular weight is 502 g/mol. The first kappa shape index (κ1) is 23.9. The predicted molar refractivity (Wildman–Crippen MR) is 141 cm³/mol. The summed E-state index contributed by atoms with van der Waals surface area (Å²) < 4.78 is 11.5. The van der Waals surface area contributed by atoms with Crippen molar-refractivity contribution in [3.63, 3.8) is 0 Å². The van der Waals surface area contributed by atoms with Crippen LogP contribution in [0.15, 0.2) is 66.7 Å².